The van der Waals surface area contributed by atoms with Gasteiger partial charge in [-0.15, -0.1) is 0 Å². The van der Waals surface area contributed by atoms with E-state index in [9.17, 15) is 5.11 Å². The average molecular weight is 331 g/mol. The summed E-state index contributed by atoms with van der Waals surface area (Å²) in [5.41, 5.74) is 2.04. The minimum absolute atomic E-state index is 0.235. The van der Waals surface area contributed by atoms with Gasteiger partial charge in [-0.25, -0.2) is 0 Å². The molecular formula is C17H16O2Se. The SMILES string of the molecule is Cc1ccc2c(c1)C(O)C/C(=C\[Se]c1ccccc1)O2. The van der Waals surface area contributed by atoms with E-state index in [0.717, 1.165) is 22.6 Å². The maximum atomic E-state index is 10.2. The van der Waals surface area contributed by atoms with Gasteiger partial charge in [0.05, 0.1) is 0 Å². The molecule has 1 aliphatic heterocycles. The fourth-order valence-electron chi connectivity index (χ4n) is 2.21. The van der Waals surface area contributed by atoms with E-state index in [1.54, 1.807) is 0 Å². The molecule has 0 saturated heterocycles. The Morgan fingerprint density at radius 3 is 2.80 bits per heavy atom. The number of hydrogen-bond donors (Lipinski definition) is 1. The zero-order valence-corrected chi connectivity index (χ0v) is 13.0. The van der Waals surface area contributed by atoms with E-state index in [0.29, 0.717) is 6.42 Å². The van der Waals surface area contributed by atoms with Crippen molar-refractivity contribution >= 4 is 19.4 Å². The molecule has 1 aliphatic rings. The molecule has 0 spiro atoms. The van der Waals surface area contributed by atoms with Crippen LogP contribution in [0, 0.1) is 6.92 Å². The normalized spacial score (nSPS) is 19.5. The minimum atomic E-state index is -0.462. The van der Waals surface area contributed by atoms with Crippen molar-refractivity contribution in [2.75, 3.05) is 0 Å². The first-order chi connectivity index (χ1) is 9.72. The number of rotatable bonds is 2. The van der Waals surface area contributed by atoms with Crippen LogP contribution < -0.4 is 9.20 Å². The molecule has 2 aromatic carbocycles. The zero-order chi connectivity index (χ0) is 13.9. The standard InChI is InChI=1S/C17H16O2Se/c1-12-7-8-17-15(9-12)16(18)10-13(19-17)11-20-14-5-3-2-4-6-14/h2-9,11,16,18H,10H2,1H3/b13-11+. The predicted octanol–water partition coefficient (Wildman–Crippen LogP) is 2.68. The molecular weight excluding hydrogens is 315 g/mol. The van der Waals surface area contributed by atoms with Crippen molar-refractivity contribution in [3.63, 3.8) is 0 Å². The Kier molecular flexibility index (Phi) is 3.93. The quantitative estimate of drug-likeness (QED) is 0.858. The molecule has 2 nitrogen and oxygen atoms in total. The van der Waals surface area contributed by atoms with Crippen LogP contribution in [-0.4, -0.2) is 20.1 Å². The van der Waals surface area contributed by atoms with Crippen LogP contribution in [0.4, 0.5) is 0 Å². The van der Waals surface area contributed by atoms with Gasteiger partial charge in [-0.1, -0.05) is 0 Å². The molecule has 102 valence electrons. The predicted molar refractivity (Wildman–Crippen MR) is 81.3 cm³/mol. The molecule has 3 rings (SSSR count). The van der Waals surface area contributed by atoms with Gasteiger partial charge in [0.25, 0.3) is 0 Å². The van der Waals surface area contributed by atoms with E-state index in [1.807, 2.05) is 43.3 Å². The second kappa shape index (κ2) is 5.84. The molecule has 0 amide bonds. The van der Waals surface area contributed by atoms with Crippen LogP contribution in [0.25, 0.3) is 0 Å². The number of ether oxygens (including phenoxy) is 1. The fourth-order valence-corrected chi connectivity index (χ4v) is 3.73. The van der Waals surface area contributed by atoms with Crippen LogP contribution in [-0.2, 0) is 0 Å². The van der Waals surface area contributed by atoms with E-state index >= 15 is 0 Å². The molecule has 20 heavy (non-hydrogen) atoms. The summed E-state index contributed by atoms with van der Waals surface area (Å²) >= 11 is 0.235. The van der Waals surface area contributed by atoms with Gasteiger partial charge < -0.3 is 0 Å². The molecule has 0 fully saturated rings. The van der Waals surface area contributed by atoms with Crippen LogP contribution in [0.3, 0.4) is 0 Å². The Balaban J connectivity index is 1.79. The first-order valence-electron chi connectivity index (χ1n) is 6.59. The Morgan fingerprint density at radius 1 is 1.20 bits per heavy atom. The van der Waals surface area contributed by atoms with E-state index in [1.165, 1.54) is 4.46 Å². The Morgan fingerprint density at radius 2 is 2.00 bits per heavy atom. The molecule has 0 radical (unpaired) electrons. The molecule has 1 atom stereocenters. The van der Waals surface area contributed by atoms with Crippen molar-refractivity contribution < 1.29 is 9.84 Å². The maximum absolute atomic E-state index is 10.2. The monoisotopic (exact) mass is 332 g/mol. The van der Waals surface area contributed by atoms with Crippen molar-refractivity contribution in [2.45, 2.75) is 19.4 Å². The van der Waals surface area contributed by atoms with Gasteiger partial charge in [0.15, 0.2) is 0 Å². The second-order valence-corrected chi connectivity index (χ2v) is 6.86. The third-order valence-electron chi connectivity index (χ3n) is 3.23. The van der Waals surface area contributed by atoms with E-state index < -0.39 is 6.10 Å². The van der Waals surface area contributed by atoms with E-state index in [2.05, 4.69) is 17.1 Å². The van der Waals surface area contributed by atoms with Crippen molar-refractivity contribution in [2.24, 2.45) is 0 Å². The summed E-state index contributed by atoms with van der Waals surface area (Å²) in [7, 11) is 0. The van der Waals surface area contributed by atoms with Crippen molar-refractivity contribution in [1.29, 1.82) is 0 Å². The number of aryl methyl sites for hydroxylation is 1. The summed E-state index contributed by atoms with van der Waals surface area (Å²) in [4.78, 5) is 2.12. The fraction of sp³-hybridized carbons (Fsp3) is 0.176. The van der Waals surface area contributed by atoms with Crippen LogP contribution in [0.5, 0.6) is 5.75 Å². The molecule has 1 N–H and O–H groups in total. The van der Waals surface area contributed by atoms with Gasteiger partial charge in [-0.2, -0.15) is 0 Å². The number of hydrogen-bond acceptors (Lipinski definition) is 2. The van der Waals surface area contributed by atoms with Crippen LogP contribution >= 0.6 is 0 Å². The van der Waals surface area contributed by atoms with Gasteiger partial charge in [-0.3, -0.25) is 0 Å². The van der Waals surface area contributed by atoms with Crippen molar-refractivity contribution in [1.82, 2.24) is 0 Å². The average Bonchev–Trinajstić information content (AvgIpc) is 2.47. The molecule has 0 bridgehead atoms. The second-order valence-electron chi connectivity index (χ2n) is 4.88. The van der Waals surface area contributed by atoms with Gasteiger partial charge in [0.1, 0.15) is 0 Å². The Labute approximate surface area is 125 Å². The molecule has 1 heterocycles. The van der Waals surface area contributed by atoms with Crippen LogP contribution in [0.15, 0.2) is 59.3 Å². The van der Waals surface area contributed by atoms with Crippen LogP contribution in [0.1, 0.15) is 23.7 Å². The van der Waals surface area contributed by atoms with Crippen molar-refractivity contribution in [3.05, 3.63) is 70.4 Å². The van der Waals surface area contributed by atoms with Gasteiger partial charge in [0.2, 0.25) is 0 Å². The Bertz CT molecular complexity index is 635. The molecule has 3 heteroatoms. The molecule has 1 unspecified atom stereocenters. The molecule has 0 saturated carbocycles. The van der Waals surface area contributed by atoms with Gasteiger partial charge in [0, 0.05) is 0 Å². The molecule has 2 aromatic rings. The summed E-state index contributed by atoms with van der Waals surface area (Å²) in [6, 6.07) is 16.3. The Hall–Kier alpha value is -1.54. The topological polar surface area (TPSA) is 29.5 Å². The van der Waals surface area contributed by atoms with Crippen LogP contribution in [0.2, 0.25) is 0 Å². The summed E-state index contributed by atoms with van der Waals surface area (Å²) in [6.07, 6.45) is 0.0990. The summed E-state index contributed by atoms with van der Waals surface area (Å²) < 4.78 is 7.20. The van der Waals surface area contributed by atoms with E-state index in [-0.39, 0.29) is 15.0 Å². The molecule has 0 aliphatic carbocycles. The zero-order valence-electron chi connectivity index (χ0n) is 11.2. The number of fused-ring (bicyclic) bond motifs is 1. The third-order valence-corrected chi connectivity index (χ3v) is 5.17. The summed E-state index contributed by atoms with van der Waals surface area (Å²) in [6.45, 7) is 2.02. The van der Waals surface area contributed by atoms with Gasteiger partial charge in [-0.05, 0) is 0 Å². The molecule has 0 aromatic heterocycles. The first-order valence-corrected chi connectivity index (χ1v) is 8.44. The summed E-state index contributed by atoms with van der Waals surface area (Å²) in [5.74, 6) is 1.65. The van der Waals surface area contributed by atoms with Crippen molar-refractivity contribution in [3.8, 4) is 5.75 Å². The number of aliphatic hydroxyl groups is 1. The number of aliphatic hydroxyl groups excluding tert-OH is 1. The van der Waals surface area contributed by atoms with Gasteiger partial charge >= 0.3 is 125 Å². The van der Waals surface area contributed by atoms with E-state index in [4.69, 9.17) is 4.74 Å². The number of benzene rings is 2. The summed E-state index contributed by atoms with van der Waals surface area (Å²) in [5, 5.41) is 10.2. The first kappa shape index (κ1) is 13.4. The third kappa shape index (κ3) is 2.96.